The third kappa shape index (κ3) is 1.66. The summed E-state index contributed by atoms with van der Waals surface area (Å²) in [5.41, 5.74) is 8.91. The van der Waals surface area contributed by atoms with Crippen LogP contribution in [0.2, 0.25) is 0 Å². The van der Waals surface area contributed by atoms with Crippen LogP contribution in [0.3, 0.4) is 0 Å². The molecule has 0 saturated heterocycles. The number of nitrogens with two attached hydrogens (primary N) is 1. The van der Waals surface area contributed by atoms with Crippen LogP contribution in [0.4, 0.5) is 0 Å². The fraction of sp³-hybridized carbons (Fsp3) is 0.538. The van der Waals surface area contributed by atoms with Crippen LogP contribution < -0.4 is 11.3 Å². The number of nitrogens with zero attached hydrogens (tertiary/aromatic N) is 2. The Hall–Kier alpha value is -1.62. The second kappa shape index (κ2) is 4.24. The summed E-state index contributed by atoms with van der Waals surface area (Å²) in [6.45, 7) is 2.35. The van der Waals surface area contributed by atoms with Crippen molar-refractivity contribution in [3.8, 4) is 0 Å². The summed E-state index contributed by atoms with van der Waals surface area (Å²) in [6.07, 6.45) is 4.27. The number of fused-ring (bicyclic) bond motifs is 1. The minimum absolute atomic E-state index is 0.00600. The molecule has 1 aliphatic carbocycles. The van der Waals surface area contributed by atoms with Crippen molar-refractivity contribution in [3.63, 3.8) is 0 Å². The lowest BCUT2D eigenvalue weighted by Crippen LogP contribution is -2.24. The van der Waals surface area contributed by atoms with Crippen molar-refractivity contribution in [2.24, 2.45) is 5.73 Å². The van der Waals surface area contributed by atoms with Crippen LogP contribution in [-0.4, -0.2) is 21.1 Å². The van der Waals surface area contributed by atoms with Crippen molar-refractivity contribution >= 4 is 5.65 Å². The van der Waals surface area contributed by atoms with Crippen LogP contribution in [0.1, 0.15) is 42.1 Å². The van der Waals surface area contributed by atoms with Gasteiger partial charge >= 0.3 is 0 Å². The molecule has 0 spiro atoms. The molecule has 2 aromatic heterocycles. The first-order valence-electron chi connectivity index (χ1n) is 6.52. The van der Waals surface area contributed by atoms with E-state index in [9.17, 15) is 4.79 Å². The molecule has 0 radical (unpaired) electrons. The highest BCUT2D eigenvalue weighted by Gasteiger charge is 2.22. The van der Waals surface area contributed by atoms with Crippen LogP contribution >= 0.6 is 0 Å². The van der Waals surface area contributed by atoms with E-state index < -0.39 is 0 Å². The lowest BCUT2D eigenvalue weighted by Gasteiger charge is -2.23. The summed E-state index contributed by atoms with van der Waals surface area (Å²) < 4.78 is 1.56. The van der Waals surface area contributed by atoms with Gasteiger partial charge < -0.3 is 5.73 Å². The number of hydrogen-bond acceptors (Lipinski definition) is 3. The van der Waals surface area contributed by atoms with Crippen molar-refractivity contribution in [1.29, 1.82) is 0 Å². The molecule has 1 aliphatic rings. The first-order chi connectivity index (χ1) is 8.70. The largest absolute Gasteiger partial charge is 0.330 e. The highest BCUT2D eigenvalue weighted by molar-refractivity contribution is 5.42. The van der Waals surface area contributed by atoms with Gasteiger partial charge in [-0.3, -0.25) is 9.89 Å². The molecule has 96 valence electrons. The van der Waals surface area contributed by atoms with E-state index >= 15 is 0 Å². The van der Waals surface area contributed by atoms with E-state index in [1.54, 1.807) is 4.52 Å². The molecular weight excluding hydrogens is 228 g/mol. The topological polar surface area (TPSA) is 76.2 Å². The SMILES string of the molecule is Cc1nc2cc(C3CCC3)[nH]n2c(=O)c1CCN. The zero-order valence-corrected chi connectivity index (χ0v) is 10.6. The Balaban J connectivity index is 2.15. The first-order valence-corrected chi connectivity index (χ1v) is 6.52. The van der Waals surface area contributed by atoms with Crippen LogP contribution in [-0.2, 0) is 6.42 Å². The van der Waals surface area contributed by atoms with E-state index in [4.69, 9.17) is 5.73 Å². The number of aryl methyl sites for hydroxylation is 1. The number of nitrogens with one attached hydrogen (secondary N) is 1. The summed E-state index contributed by atoms with van der Waals surface area (Å²) in [5, 5.41) is 3.19. The van der Waals surface area contributed by atoms with Gasteiger partial charge in [-0.2, -0.15) is 0 Å². The average molecular weight is 246 g/mol. The molecule has 0 bridgehead atoms. The summed E-state index contributed by atoms with van der Waals surface area (Å²) in [6, 6.07) is 2.00. The maximum Gasteiger partial charge on any atom is 0.276 e. The highest BCUT2D eigenvalue weighted by Crippen LogP contribution is 2.35. The summed E-state index contributed by atoms with van der Waals surface area (Å²) in [5.74, 6) is 0.573. The molecule has 5 heteroatoms. The molecular formula is C13H18N4O. The van der Waals surface area contributed by atoms with Gasteiger partial charge in [0.15, 0.2) is 5.65 Å². The molecule has 0 atom stereocenters. The van der Waals surface area contributed by atoms with Crippen LogP contribution in [0.15, 0.2) is 10.9 Å². The van der Waals surface area contributed by atoms with Crippen LogP contribution in [0.25, 0.3) is 5.65 Å². The van der Waals surface area contributed by atoms with E-state index in [0.717, 1.165) is 22.6 Å². The van der Waals surface area contributed by atoms with E-state index in [1.807, 2.05) is 13.0 Å². The van der Waals surface area contributed by atoms with Gasteiger partial charge in [0.2, 0.25) is 0 Å². The Labute approximate surface area is 105 Å². The molecule has 1 saturated carbocycles. The average Bonchev–Trinajstić information content (AvgIpc) is 2.65. The molecule has 3 rings (SSSR count). The molecule has 0 unspecified atom stereocenters. The Morgan fingerprint density at radius 3 is 2.94 bits per heavy atom. The van der Waals surface area contributed by atoms with Gasteiger partial charge in [0.1, 0.15) is 0 Å². The predicted molar refractivity (Wildman–Crippen MR) is 69.9 cm³/mol. The van der Waals surface area contributed by atoms with Gasteiger partial charge in [-0.15, -0.1) is 0 Å². The molecule has 0 aliphatic heterocycles. The monoisotopic (exact) mass is 246 g/mol. The Morgan fingerprint density at radius 1 is 1.56 bits per heavy atom. The third-order valence-electron chi connectivity index (χ3n) is 3.87. The molecule has 2 heterocycles. The molecule has 2 aromatic rings. The van der Waals surface area contributed by atoms with Crippen molar-refractivity contribution < 1.29 is 0 Å². The van der Waals surface area contributed by atoms with Crippen molar-refractivity contribution in [2.75, 3.05) is 6.54 Å². The minimum atomic E-state index is -0.00600. The van der Waals surface area contributed by atoms with Crippen molar-refractivity contribution in [1.82, 2.24) is 14.6 Å². The fourth-order valence-electron chi connectivity index (χ4n) is 2.55. The zero-order valence-electron chi connectivity index (χ0n) is 10.6. The summed E-state index contributed by atoms with van der Waals surface area (Å²) in [7, 11) is 0. The number of hydrogen-bond donors (Lipinski definition) is 2. The Bertz CT molecular complexity index is 636. The number of H-pyrrole nitrogens is 1. The van der Waals surface area contributed by atoms with Gasteiger partial charge in [0, 0.05) is 28.9 Å². The third-order valence-corrected chi connectivity index (χ3v) is 3.87. The number of aromatic nitrogens is 3. The maximum atomic E-state index is 12.3. The van der Waals surface area contributed by atoms with E-state index in [0.29, 0.717) is 18.9 Å². The molecule has 5 nitrogen and oxygen atoms in total. The lowest BCUT2D eigenvalue weighted by atomic mass is 9.83. The number of aromatic amines is 1. The normalized spacial score (nSPS) is 16.1. The van der Waals surface area contributed by atoms with Gasteiger partial charge in [-0.1, -0.05) is 6.42 Å². The molecule has 3 N–H and O–H groups in total. The molecule has 0 amide bonds. The highest BCUT2D eigenvalue weighted by atomic mass is 16.1. The Morgan fingerprint density at radius 2 is 2.33 bits per heavy atom. The first kappa shape index (κ1) is 11.5. The van der Waals surface area contributed by atoms with E-state index in [1.165, 1.54) is 19.3 Å². The Kier molecular flexibility index (Phi) is 2.70. The van der Waals surface area contributed by atoms with Crippen molar-refractivity contribution in [2.45, 2.75) is 38.5 Å². The quantitative estimate of drug-likeness (QED) is 0.851. The molecule has 1 fully saturated rings. The smallest absolute Gasteiger partial charge is 0.276 e. The van der Waals surface area contributed by atoms with Gasteiger partial charge in [-0.25, -0.2) is 9.50 Å². The second-order valence-corrected chi connectivity index (χ2v) is 5.05. The van der Waals surface area contributed by atoms with Crippen LogP contribution in [0, 0.1) is 6.92 Å². The molecule has 0 aromatic carbocycles. The predicted octanol–water partition coefficient (Wildman–Crippen LogP) is 1.10. The summed E-state index contributed by atoms with van der Waals surface area (Å²) >= 11 is 0. The molecule has 18 heavy (non-hydrogen) atoms. The zero-order chi connectivity index (χ0) is 12.7. The lowest BCUT2D eigenvalue weighted by molar-refractivity contribution is 0.409. The number of rotatable bonds is 3. The summed E-state index contributed by atoms with van der Waals surface area (Å²) in [4.78, 5) is 16.8. The van der Waals surface area contributed by atoms with E-state index in [2.05, 4.69) is 10.1 Å². The van der Waals surface area contributed by atoms with Crippen molar-refractivity contribution in [3.05, 3.63) is 33.4 Å². The van der Waals surface area contributed by atoms with E-state index in [-0.39, 0.29) is 5.56 Å². The fourth-order valence-corrected chi connectivity index (χ4v) is 2.55. The van der Waals surface area contributed by atoms with Gasteiger partial charge in [0.25, 0.3) is 5.56 Å². The maximum absolute atomic E-state index is 12.3. The van der Waals surface area contributed by atoms with Gasteiger partial charge in [-0.05, 0) is 32.7 Å². The second-order valence-electron chi connectivity index (χ2n) is 5.05. The minimum Gasteiger partial charge on any atom is -0.330 e. The standard InChI is InChI=1S/C13H18N4O/c1-8-10(5-6-14)13(18)17-12(15-8)7-11(16-17)9-3-2-4-9/h7,9,16H,2-6,14H2,1H3. The van der Waals surface area contributed by atoms with Gasteiger partial charge in [0.05, 0.1) is 0 Å². The van der Waals surface area contributed by atoms with Crippen LogP contribution in [0.5, 0.6) is 0 Å².